The van der Waals surface area contributed by atoms with Crippen LogP contribution in [0, 0.1) is 0 Å². The maximum absolute atomic E-state index is 5.74. The first-order valence-electron chi connectivity index (χ1n) is 7.77. The molecular formula is C20H20O4. The highest BCUT2D eigenvalue weighted by atomic mass is 16.7. The van der Waals surface area contributed by atoms with E-state index in [4.69, 9.17) is 18.9 Å². The zero-order valence-corrected chi connectivity index (χ0v) is 13.7. The lowest BCUT2D eigenvalue weighted by Crippen LogP contribution is -1.97. The van der Waals surface area contributed by atoms with Crippen molar-refractivity contribution >= 4 is 6.08 Å². The van der Waals surface area contributed by atoms with Crippen molar-refractivity contribution in [2.24, 2.45) is 0 Å². The van der Waals surface area contributed by atoms with Crippen molar-refractivity contribution in [3.8, 4) is 23.0 Å². The fraction of sp³-hybridized carbons (Fsp3) is 0.200. The van der Waals surface area contributed by atoms with Crippen LogP contribution in [0.5, 0.6) is 23.0 Å². The lowest BCUT2D eigenvalue weighted by molar-refractivity contribution is 0.174. The number of hydrogen-bond donors (Lipinski definition) is 0. The Morgan fingerprint density at radius 3 is 2.58 bits per heavy atom. The molecule has 124 valence electrons. The van der Waals surface area contributed by atoms with Gasteiger partial charge in [0.2, 0.25) is 6.79 Å². The van der Waals surface area contributed by atoms with Gasteiger partial charge in [-0.3, -0.25) is 0 Å². The second-order valence-electron chi connectivity index (χ2n) is 5.29. The van der Waals surface area contributed by atoms with Gasteiger partial charge in [-0.25, -0.2) is 0 Å². The van der Waals surface area contributed by atoms with Crippen LogP contribution in [0.4, 0.5) is 0 Å². The third kappa shape index (κ3) is 3.71. The Kier molecular flexibility index (Phi) is 5.06. The molecule has 0 radical (unpaired) electrons. The van der Waals surface area contributed by atoms with E-state index in [1.165, 1.54) is 0 Å². The van der Waals surface area contributed by atoms with Crippen LogP contribution < -0.4 is 18.9 Å². The van der Waals surface area contributed by atoms with Crippen molar-refractivity contribution in [1.29, 1.82) is 0 Å². The van der Waals surface area contributed by atoms with Gasteiger partial charge in [0, 0.05) is 11.6 Å². The van der Waals surface area contributed by atoms with Gasteiger partial charge in [-0.05, 0) is 30.2 Å². The predicted octanol–water partition coefficient (Wildman–Crippen LogP) is 4.24. The Morgan fingerprint density at radius 1 is 1.12 bits per heavy atom. The van der Waals surface area contributed by atoms with Crippen molar-refractivity contribution in [3.05, 3.63) is 66.3 Å². The second kappa shape index (κ2) is 7.59. The number of methoxy groups -OCH3 is 1. The molecule has 0 saturated carbocycles. The summed E-state index contributed by atoms with van der Waals surface area (Å²) in [6.07, 6.45) is 6.62. The minimum Gasteiger partial charge on any atom is -0.497 e. The van der Waals surface area contributed by atoms with Crippen LogP contribution in [0.25, 0.3) is 6.08 Å². The van der Waals surface area contributed by atoms with Crippen LogP contribution in [-0.4, -0.2) is 20.5 Å². The van der Waals surface area contributed by atoms with Crippen molar-refractivity contribution in [2.45, 2.75) is 6.42 Å². The van der Waals surface area contributed by atoms with E-state index in [0.717, 1.165) is 40.5 Å². The van der Waals surface area contributed by atoms with Gasteiger partial charge in [-0.1, -0.05) is 36.9 Å². The van der Waals surface area contributed by atoms with Crippen molar-refractivity contribution in [2.75, 3.05) is 20.5 Å². The topological polar surface area (TPSA) is 36.9 Å². The number of rotatable bonds is 7. The number of fused-ring (bicyclic) bond motifs is 1. The van der Waals surface area contributed by atoms with E-state index in [1.807, 2.05) is 36.4 Å². The van der Waals surface area contributed by atoms with Crippen LogP contribution in [-0.2, 0) is 6.42 Å². The highest BCUT2D eigenvalue weighted by Gasteiger charge is 2.17. The molecule has 0 amide bonds. The van der Waals surface area contributed by atoms with Gasteiger partial charge in [-0.15, -0.1) is 0 Å². The third-order valence-electron chi connectivity index (χ3n) is 3.68. The van der Waals surface area contributed by atoms with Crippen LogP contribution in [0.1, 0.15) is 11.1 Å². The number of ether oxygens (including phenoxy) is 4. The first-order valence-corrected chi connectivity index (χ1v) is 7.77. The Labute approximate surface area is 141 Å². The molecule has 1 aliphatic heterocycles. The van der Waals surface area contributed by atoms with Crippen molar-refractivity contribution < 1.29 is 18.9 Å². The molecule has 0 fully saturated rings. The molecule has 0 atom stereocenters. The highest BCUT2D eigenvalue weighted by molar-refractivity contribution is 5.55. The summed E-state index contributed by atoms with van der Waals surface area (Å²) in [5, 5.41) is 0. The fourth-order valence-electron chi connectivity index (χ4n) is 2.45. The molecule has 1 heterocycles. The fourth-order valence-corrected chi connectivity index (χ4v) is 2.45. The summed E-state index contributed by atoms with van der Waals surface area (Å²) < 4.78 is 21.8. The molecule has 0 aliphatic carbocycles. The van der Waals surface area contributed by atoms with E-state index in [1.54, 1.807) is 13.2 Å². The summed E-state index contributed by atoms with van der Waals surface area (Å²) in [7, 11) is 1.66. The van der Waals surface area contributed by atoms with Crippen molar-refractivity contribution in [1.82, 2.24) is 0 Å². The molecule has 4 heteroatoms. The lowest BCUT2D eigenvalue weighted by Gasteiger charge is -2.10. The molecule has 0 N–H and O–H groups in total. The standard InChI is InChI=1S/C20H20O4/c1-3-11-22-18-13-20-19(23-14-24-20)12-16(18)6-4-5-15-7-9-17(21-2)10-8-15/h3-5,7-10,12-13H,1,6,11,14H2,2H3. The summed E-state index contributed by atoms with van der Waals surface area (Å²) >= 11 is 0. The van der Waals surface area contributed by atoms with E-state index in [9.17, 15) is 0 Å². The van der Waals surface area contributed by atoms with Gasteiger partial charge in [0.1, 0.15) is 18.1 Å². The van der Waals surface area contributed by atoms with E-state index in [0.29, 0.717) is 6.61 Å². The Bertz CT molecular complexity index is 732. The SMILES string of the molecule is C=CCOc1cc2c(cc1CC=Cc1ccc(OC)cc1)OCO2. The number of hydrogen-bond acceptors (Lipinski definition) is 4. The first-order chi connectivity index (χ1) is 11.8. The minimum absolute atomic E-state index is 0.251. The molecule has 0 spiro atoms. The monoisotopic (exact) mass is 324 g/mol. The van der Waals surface area contributed by atoms with Crippen LogP contribution in [0.3, 0.4) is 0 Å². The molecular weight excluding hydrogens is 304 g/mol. The first kappa shape index (κ1) is 16.0. The van der Waals surface area contributed by atoms with Gasteiger partial charge in [0.25, 0.3) is 0 Å². The number of benzene rings is 2. The Morgan fingerprint density at radius 2 is 1.88 bits per heavy atom. The van der Waals surface area contributed by atoms with Gasteiger partial charge in [0.05, 0.1) is 7.11 Å². The highest BCUT2D eigenvalue weighted by Crippen LogP contribution is 2.38. The maximum Gasteiger partial charge on any atom is 0.231 e. The lowest BCUT2D eigenvalue weighted by atomic mass is 10.1. The van der Waals surface area contributed by atoms with Gasteiger partial charge in [0.15, 0.2) is 11.5 Å². The summed E-state index contributed by atoms with van der Waals surface area (Å²) in [5.41, 5.74) is 2.16. The maximum atomic E-state index is 5.74. The summed E-state index contributed by atoms with van der Waals surface area (Å²) in [4.78, 5) is 0. The summed E-state index contributed by atoms with van der Waals surface area (Å²) in [5.74, 6) is 3.12. The molecule has 0 saturated heterocycles. The Balaban J connectivity index is 1.75. The molecule has 0 aromatic heterocycles. The molecule has 24 heavy (non-hydrogen) atoms. The molecule has 0 bridgehead atoms. The van der Waals surface area contributed by atoms with Gasteiger partial charge in [-0.2, -0.15) is 0 Å². The molecule has 1 aliphatic rings. The molecule has 3 rings (SSSR count). The molecule has 0 unspecified atom stereocenters. The quantitative estimate of drug-likeness (QED) is 0.714. The summed E-state index contributed by atoms with van der Waals surface area (Å²) in [6, 6.07) is 11.8. The molecule has 2 aromatic rings. The van der Waals surface area contributed by atoms with Gasteiger partial charge >= 0.3 is 0 Å². The van der Waals surface area contributed by atoms with E-state index in [2.05, 4.69) is 18.7 Å². The zero-order chi connectivity index (χ0) is 16.8. The average molecular weight is 324 g/mol. The van der Waals surface area contributed by atoms with Gasteiger partial charge < -0.3 is 18.9 Å². The largest absolute Gasteiger partial charge is 0.497 e. The van der Waals surface area contributed by atoms with Crippen LogP contribution >= 0.6 is 0 Å². The van der Waals surface area contributed by atoms with Crippen LogP contribution in [0.15, 0.2) is 55.1 Å². The molecule has 2 aromatic carbocycles. The second-order valence-corrected chi connectivity index (χ2v) is 5.29. The molecule has 4 nitrogen and oxygen atoms in total. The third-order valence-corrected chi connectivity index (χ3v) is 3.68. The minimum atomic E-state index is 0.251. The zero-order valence-electron chi connectivity index (χ0n) is 13.7. The average Bonchev–Trinajstić information content (AvgIpc) is 3.07. The smallest absolute Gasteiger partial charge is 0.231 e. The van der Waals surface area contributed by atoms with E-state index < -0.39 is 0 Å². The van der Waals surface area contributed by atoms with Crippen LogP contribution in [0.2, 0.25) is 0 Å². The van der Waals surface area contributed by atoms with E-state index >= 15 is 0 Å². The normalized spacial score (nSPS) is 12.4. The number of allylic oxidation sites excluding steroid dienone is 1. The predicted molar refractivity (Wildman–Crippen MR) is 94.0 cm³/mol. The van der Waals surface area contributed by atoms with Crippen molar-refractivity contribution in [3.63, 3.8) is 0 Å². The Hall–Kier alpha value is -2.88. The van der Waals surface area contributed by atoms with E-state index in [-0.39, 0.29) is 6.79 Å². The summed E-state index contributed by atoms with van der Waals surface area (Å²) in [6.45, 7) is 4.39.